The number of methoxy groups -OCH3 is 1. The Morgan fingerprint density at radius 1 is 1.23 bits per heavy atom. The maximum Gasteiger partial charge on any atom is 0.339 e. The first-order chi connectivity index (χ1) is 10.7. The number of ether oxygens (including phenoxy) is 2. The van der Waals surface area contributed by atoms with E-state index in [2.05, 4.69) is 4.98 Å². The quantitative estimate of drug-likeness (QED) is 0.860. The molecular weight excluding hydrogens is 280 g/mol. The van der Waals surface area contributed by atoms with Crippen molar-refractivity contribution in [3.63, 3.8) is 0 Å². The predicted molar refractivity (Wildman–Crippen MR) is 85.7 cm³/mol. The maximum atomic E-state index is 11.1. The average molecular weight is 302 g/mol. The van der Waals surface area contributed by atoms with Gasteiger partial charge in [0.1, 0.15) is 5.75 Å². The molecule has 0 saturated heterocycles. The third kappa shape index (κ3) is 6.37. The summed E-state index contributed by atoms with van der Waals surface area (Å²) in [5.41, 5.74) is 7.03. The first-order valence-corrected chi connectivity index (χ1v) is 7.11. The Bertz CT molecular complexity index is 519. The van der Waals surface area contributed by atoms with Crippen molar-refractivity contribution in [2.75, 3.05) is 13.7 Å². The summed E-state index contributed by atoms with van der Waals surface area (Å²) < 4.78 is 9.87. The van der Waals surface area contributed by atoms with E-state index in [0.717, 1.165) is 17.7 Å². The van der Waals surface area contributed by atoms with E-state index < -0.39 is 0 Å². The zero-order valence-corrected chi connectivity index (χ0v) is 13.0. The van der Waals surface area contributed by atoms with Crippen molar-refractivity contribution in [2.45, 2.75) is 19.9 Å². The number of benzene rings is 1. The van der Waals surface area contributed by atoms with Crippen molar-refractivity contribution in [1.29, 1.82) is 0 Å². The van der Waals surface area contributed by atoms with E-state index in [4.69, 9.17) is 15.2 Å². The molecule has 0 spiro atoms. The summed E-state index contributed by atoms with van der Waals surface area (Å²) in [6.45, 7) is 3.01. The number of hydrogen-bond donors (Lipinski definition) is 1. The largest absolute Gasteiger partial charge is 0.497 e. The molecule has 0 amide bonds. The first kappa shape index (κ1) is 17.7. The van der Waals surface area contributed by atoms with E-state index in [9.17, 15) is 4.79 Å². The molecule has 22 heavy (non-hydrogen) atoms. The molecule has 0 fully saturated rings. The van der Waals surface area contributed by atoms with Crippen molar-refractivity contribution in [1.82, 2.24) is 4.98 Å². The van der Waals surface area contributed by atoms with Crippen LogP contribution in [-0.4, -0.2) is 24.7 Å². The van der Waals surface area contributed by atoms with Gasteiger partial charge in [0.25, 0.3) is 0 Å². The topological polar surface area (TPSA) is 74.4 Å². The van der Waals surface area contributed by atoms with Gasteiger partial charge in [0.05, 0.1) is 19.3 Å². The second kappa shape index (κ2) is 10.3. The average Bonchev–Trinajstić information content (AvgIpc) is 2.61. The van der Waals surface area contributed by atoms with Gasteiger partial charge in [-0.25, -0.2) is 4.79 Å². The lowest BCUT2D eigenvalue weighted by atomic mass is 10.2. The van der Waals surface area contributed by atoms with Crippen molar-refractivity contribution in [3.8, 4) is 5.75 Å². The van der Waals surface area contributed by atoms with Crippen molar-refractivity contribution in [3.05, 3.63) is 59.9 Å². The van der Waals surface area contributed by atoms with Gasteiger partial charge in [0, 0.05) is 18.9 Å². The summed E-state index contributed by atoms with van der Waals surface area (Å²) in [6, 6.07) is 11.1. The van der Waals surface area contributed by atoms with E-state index in [0.29, 0.717) is 18.7 Å². The molecule has 118 valence electrons. The van der Waals surface area contributed by atoms with Crippen LogP contribution in [0.4, 0.5) is 0 Å². The Labute approximate surface area is 131 Å². The molecule has 0 aliphatic rings. The van der Waals surface area contributed by atoms with Crippen LogP contribution < -0.4 is 10.5 Å². The van der Waals surface area contributed by atoms with Crippen LogP contribution in [0.15, 0.2) is 48.8 Å². The molecular formula is C17H22N2O3. The van der Waals surface area contributed by atoms with Gasteiger partial charge in [-0.15, -0.1) is 0 Å². The Morgan fingerprint density at radius 3 is 2.45 bits per heavy atom. The summed E-state index contributed by atoms with van der Waals surface area (Å²) in [6.07, 6.45) is 3.96. The third-order valence-corrected chi connectivity index (χ3v) is 2.73. The zero-order chi connectivity index (χ0) is 16.2. The second-order valence-electron chi connectivity index (χ2n) is 4.43. The summed E-state index contributed by atoms with van der Waals surface area (Å²) in [5.74, 6) is 0.571. The van der Waals surface area contributed by atoms with E-state index in [1.165, 1.54) is 6.20 Å². The van der Waals surface area contributed by atoms with Gasteiger partial charge in [0.2, 0.25) is 0 Å². The Balaban J connectivity index is 0.000000224. The zero-order valence-electron chi connectivity index (χ0n) is 13.0. The number of nitrogens with zero attached hydrogens (tertiary/aromatic N) is 1. The van der Waals surface area contributed by atoms with Gasteiger partial charge in [-0.3, -0.25) is 4.98 Å². The molecule has 2 rings (SSSR count). The molecule has 5 heteroatoms. The van der Waals surface area contributed by atoms with Crippen molar-refractivity contribution < 1.29 is 14.3 Å². The van der Waals surface area contributed by atoms with E-state index >= 15 is 0 Å². The Hall–Kier alpha value is -2.40. The van der Waals surface area contributed by atoms with Crippen molar-refractivity contribution in [2.24, 2.45) is 5.73 Å². The van der Waals surface area contributed by atoms with E-state index in [1.54, 1.807) is 25.4 Å². The fourth-order valence-electron chi connectivity index (χ4n) is 1.52. The van der Waals surface area contributed by atoms with Crippen LogP contribution in [0.1, 0.15) is 29.3 Å². The second-order valence-corrected chi connectivity index (χ2v) is 4.43. The molecule has 0 atom stereocenters. The third-order valence-electron chi connectivity index (χ3n) is 2.73. The number of esters is 1. The van der Waals surface area contributed by atoms with Gasteiger partial charge in [-0.1, -0.05) is 19.1 Å². The standard InChI is InChI=1S/C9H11NO2.C8H11NO/c1-2-6-12-9(11)8-4-3-5-10-7-8;1-10-8-4-2-7(6-9)3-5-8/h3-5,7H,2,6H2,1H3;2-5H,6,9H2,1H3. The lowest BCUT2D eigenvalue weighted by Gasteiger charge is -2.00. The first-order valence-electron chi connectivity index (χ1n) is 7.11. The summed E-state index contributed by atoms with van der Waals surface area (Å²) in [7, 11) is 1.65. The van der Waals surface area contributed by atoms with Crippen LogP contribution in [0.5, 0.6) is 5.75 Å². The van der Waals surface area contributed by atoms with Crippen LogP contribution in [0, 0.1) is 0 Å². The molecule has 2 aromatic rings. The van der Waals surface area contributed by atoms with Gasteiger partial charge >= 0.3 is 5.97 Å². The number of rotatable bonds is 5. The molecule has 0 saturated carbocycles. The number of hydrogen-bond acceptors (Lipinski definition) is 5. The smallest absolute Gasteiger partial charge is 0.339 e. The minimum Gasteiger partial charge on any atom is -0.497 e. The normalized spacial score (nSPS) is 9.41. The summed E-state index contributed by atoms with van der Waals surface area (Å²) >= 11 is 0. The molecule has 5 nitrogen and oxygen atoms in total. The maximum absolute atomic E-state index is 11.1. The van der Waals surface area contributed by atoms with Crippen LogP contribution in [-0.2, 0) is 11.3 Å². The van der Waals surface area contributed by atoms with E-state index in [1.807, 2.05) is 31.2 Å². The molecule has 0 radical (unpaired) electrons. The number of nitrogens with two attached hydrogens (primary N) is 1. The fraction of sp³-hybridized carbons (Fsp3) is 0.294. The van der Waals surface area contributed by atoms with Gasteiger partial charge < -0.3 is 15.2 Å². The highest BCUT2D eigenvalue weighted by Crippen LogP contribution is 2.10. The molecule has 0 bridgehead atoms. The molecule has 1 aromatic carbocycles. The van der Waals surface area contributed by atoms with E-state index in [-0.39, 0.29) is 5.97 Å². The highest BCUT2D eigenvalue weighted by Gasteiger charge is 2.04. The molecule has 0 aliphatic heterocycles. The number of carbonyl (C=O) groups excluding carboxylic acids is 1. The summed E-state index contributed by atoms with van der Waals surface area (Å²) in [5, 5.41) is 0. The van der Waals surface area contributed by atoms with Crippen LogP contribution >= 0.6 is 0 Å². The van der Waals surface area contributed by atoms with Crippen LogP contribution in [0.3, 0.4) is 0 Å². The monoisotopic (exact) mass is 302 g/mol. The molecule has 1 heterocycles. The van der Waals surface area contributed by atoms with Gasteiger partial charge in [-0.05, 0) is 36.2 Å². The highest BCUT2D eigenvalue weighted by molar-refractivity contribution is 5.88. The van der Waals surface area contributed by atoms with Crippen LogP contribution in [0.25, 0.3) is 0 Å². The number of carbonyl (C=O) groups is 1. The number of aromatic nitrogens is 1. The lowest BCUT2D eigenvalue weighted by Crippen LogP contribution is -2.05. The minimum atomic E-state index is -0.301. The molecule has 2 N–H and O–H groups in total. The molecule has 1 aromatic heterocycles. The SMILES string of the molecule is CCCOC(=O)c1cccnc1.COc1ccc(CN)cc1. The fourth-order valence-corrected chi connectivity index (χ4v) is 1.52. The molecule has 0 unspecified atom stereocenters. The van der Waals surface area contributed by atoms with Gasteiger partial charge in [-0.2, -0.15) is 0 Å². The number of pyridine rings is 1. The predicted octanol–water partition coefficient (Wildman–Crippen LogP) is 2.80. The summed E-state index contributed by atoms with van der Waals surface area (Å²) in [4.78, 5) is 15.0. The minimum absolute atomic E-state index is 0.301. The Morgan fingerprint density at radius 2 is 1.95 bits per heavy atom. The molecule has 0 aliphatic carbocycles. The lowest BCUT2D eigenvalue weighted by molar-refractivity contribution is 0.0504. The van der Waals surface area contributed by atoms with Gasteiger partial charge in [0.15, 0.2) is 0 Å². The Kier molecular flexibility index (Phi) is 8.30. The van der Waals surface area contributed by atoms with Crippen molar-refractivity contribution >= 4 is 5.97 Å². The highest BCUT2D eigenvalue weighted by atomic mass is 16.5. The van der Waals surface area contributed by atoms with Crippen LogP contribution in [0.2, 0.25) is 0 Å².